The van der Waals surface area contributed by atoms with E-state index in [4.69, 9.17) is 4.74 Å². The lowest BCUT2D eigenvalue weighted by molar-refractivity contribution is -0.137. The molecule has 0 N–H and O–H groups in total. The highest BCUT2D eigenvalue weighted by molar-refractivity contribution is 5.81. The molecule has 0 aliphatic rings. The van der Waals surface area contributed by atoms with Crippen molar-refractivity contribution in [2.75, 3.05) is 6.61 Å². The summed E-state index contributed by atoms with van der Waals surface area (Å²) in [6.07, 6.45) is 8.30. The zero-order valence-corrected chi connectivity index (χ0v) is 11.9. The van der Waals surface area contributed by atoms with Gasteiger partial charge in [0, 0.05) is 12.5 Å². The van der Waals surface area contributed by atoms with Crippen molar-refractivity contribution >= 4 is 5.97 Å². The maximum absolute atomic E-state index is 10.9. The number of carbonyl (C=O) groups is 1. The second-order valence-corrected chi connectivity index (χ2v) is 4.75. The number of unbranched alkanes of at least 4 members (excludes halogenated alkanes) is 3. The molecule has 0 bridgehead atoms. The molecule has 2 heteroatoms. The Bertz CT molecular complexity index is 379. The normalized spacial score (nSPS) is 10.2. The Balaban J connectivity index is 2.27. The standard InChI is InChI=1S/C17H24O2/c1-3-5-6-7-8-15-9-11-16(12-10-15)13-14-19-17(18)4-2/h4,9-12H,2-3,5-8,13-14H2,1H3. The third-order valence-corrected chi connectivity index (χ3v) is 3.14. The molecule has 0 spiro atoms. The van der Waals surface area contributed by atoms with Crippen LogP contribution in [0, 0.1) is 0 Å². The summed E-state index contributed by atoms with van der Waals surface area (Å²) in [4.78, 5) is 10.9. The van der Waals surface area contributed by atoms with Gasteiger partial charge in [0.05, 0.1) is 6.61 Å². The summed E-state index contributed by atoms with van der Waals surface area (Å²) in [5, 5.41) is 0. The Labute approximate surface area is 116 Å². The van der Waals surface area contributed by atoms with Gasteiger partial charge in [0.15, 0.2) is 0 Å². The van der Waals surface area contributed by atoms with E-state index in [0.29, 0.717) is 6.61 Å². The second-order valence-electron chi connectivity index (χ2n) is 4.75. The molecular formula is C17H24O2. The number of hydrogen-bond donors (Lipinski definition) is 0. The molecule has 0 aliphatic carbocycles. The van der Waals surface area contributed by atoms with Crippen LogP contribution in [0.25, 0.3) is 0 Å². The Morgan fingerprint density at radius 3 is 2.32 bits per heavy atom. The first kappa shape index (κ1) is 15.5. The van der Waals surface area contributed by atoms with Crippen molar-refractivity contribution in [2.24, 2.45) is 0 Å². The first-order valence-corrected chi connectivity index (χ1v) is 7.13. The van der Waals surface area contributed by atoms with Gasteiger partial charge in [0.1, 0.15) is 0 Å². The monoisotopic (exact) mass is 260 g/mol. The summed E-state index contributed by atoms with van der Waals surface area (Å²) in [6.45, 7) is 6.01. The van der Waals surface area contributed by atoms with Gasteiger partial charge in [-0.3, -0.25) is 0 Å². The largest absolute Gasteiger partial charge is 0.462 e. The lowest BCUT2D eigenvalue weighted by Crippen LogP contribution is -2.04. The zero-order chi connectivity index (χ0) is 13.9. The molecule has 1 aromatic carbocycles. The van der Waals surface area contributed by atoms with Crippen molar-refractivity contribution in [3.8, 4) is 0 Å². The minimum Gasteiger partial charge on any atom is -0.462 e. The molecule has 104 valence electrons. The second kappa shape index (κ2) is 9.37. The summed E-state index contributed by atoms with van der Waals surface area (Å²) in [5.74, 6) is -0.354. The van der Waals surface area contributed by atoms with Crippen molar-refractivity contribution in [3.05, 3.63) is 48.0 Å². The van der Waals surface area contributed by atoms with E-state index in [-0.39, 0.29) is 5.97 Å². The molecule has 19 heavy (non-hydrogen) atoms. The van der Waals surface area contributed by atoms with E-state index in [1.54, 1.807) is 0 Å². The van der Waals surface area contributed by atoms with Crippen LogP contribution in [-0.2, 0) is 22.4 Å². The molecule has 0 amide bonds. The third kappa shape index (κ3) is 6.80. The van der Waals surface area contributed by atoms with Crippen LogP contribution in [0.2, 0.25) is 0 Å². The average Bonchev–Trinajstić information content (AvgIpc) is 2.45. The fourth-order valence-electron chi connectivity index (χ4n) is 1.96. The van der Waals surface area contributed by atoms with E-state index in [2.05, 4.69) is 37.8 Å². The van der Waals surface area contributed by atoms with E-state index >= 15 is 0 Å². The summed E-state index contributed by atoms with van der Waals surface area (Å²) < 4.78 is 4.96. The molecule has 1 rings (SSSR count). The molecule has 0 saturated carbocycles. The van der Waals surface area contributed by atoms with Crippen LogP contribution in [-0.4, -0.2) is 12.6 Å². The molecule has 0 radical (unpaired) electrons. The number of aryl methyl sites for hydroxylation is 1. The molecule has 0 heterocycles. The molecule has 0 aliphatic heterocycles. The highest BCUT2D eigenvalue weighted by atomic mass is 16.5. The highest BCUT2D eigenvalue weighted by Gasteiger charge is 1.98. The molecule has 1 aromatic rings. The Morgan fingerprint density at radius 1 is 1.11 bits per heavy atom. The molecule has 2 nitrogen and oxygen atoms in total. The van der Waals surface area contributed by atoms with Crippen LogP contribution in [0.4, 0.5) is 0 Å². The van der Waals surface area contributed by atoms with E-state index in [1.807, 2.05) is 0 Å². The summed E-state index contributed by atoms with van der Waals surface area (Å²) in [5.41, 5.74) is 2.59. The predicted octanol–water partition coefficient (Wildman–Crippen LogP) is 4.08. The fourth-order valence-corrected chi connectivity index (χ4v) is 1.96. The SMILES string of the molecule is C=CC(=O)OCCc1ccc(CCCCCC)cc1. The van der Waals surface area contributed by atoms with Gasteiger partial charge in [-0.05, 0) is 24.0 Å². The van der Waals surface area contributed by atoms with E-state index in [1.165, 1.54) is 42.9 Å². The van der Waals surface area contributed by atoms with E-state index in [0.717, 1.165) is 12.8 Å². The minimum atomic E-state index is -0.354. The Kier molecular flexibility index (Phi) is 7.64. The van der Waals surface area contributed by atoms with Gasteiger partial charge >= 0.3 is 5.97 Å². The van der Waals surface area contributed by atoms with Crippen molar-refractivity contribution < 1.29 is 9.53 Å². The number of esters is 1. The summed E-state index contributed by atoms with van der Waals surface area (Å²) >= 11 is 0. The van der Waals surface area contributed by atoms with Crippen molar-refractivity contribution in [2.45, 2.75) is 45.4 Å². The quantitative estimate of drug-likeness (QED) is 0.380. The Hall–Kier alpha value is -1.57. The van der Waals surface area contributed by atoms with Crippen LogP contribution in [0.3, 0.4) is 0 Å². The maximum atomic E-state index is 10.9. The van der Waals surface area contributed by atoms with Gasteiger partial charge in [-0.25, -0.2) is 4.79 Å². The van der Waals surface area contributed by atoms with Crippen LogP contribution in [0.5, 0.6) is 0 Å². The van der Waals surface area contributed by atoms with Gasteiger partial charge in [-0.1, -0.05) is 57.0 Å². The molecule has 0 unspecified atom stereocenters. The van der Waals surface area contributed by atoms with Crippen LogP contribution < -0.4 is 0 Å². The smallest absolute Gasteiger partial charge is 0.330 e. The first-order valence-electron chi connectivity index (χ1n) is 7.13. The maximum Gasteiger partial charge on any atom is 0.330 e. The number of benzene rings is 1. The van der Waals surface area contributed by atoms with Gasteiger partial charge in [-0.2, -0.15) is 0 Å². The van der Waals surface area contributed by atoms with E-state index in [9.17, 15) is 4.79 Å². The van der Waals surface area contributed by atoms with Gasteiger partial charge < -0.3 is 4.74 Å². The minimum absolute atomic E-state index is 0.354. The highest BCUT2D eigenvalue weighted by Crippen LogP contribution is 2.10. The summed E-state index contributed by atoms with van der Waals surface area (Å²) in [6, 6.07) is 8.60. The topological polar surface area (TPSA) is 26.3 Å². The van der Waals surface area contributed by atoms with Crippen molar-refractivity contribution in [3.63, 3.8) is 0 Å². The number of ether oxygens (including phenoxy) is 1. The fraction of sp³-hybridized carbons (Fsp3) is 0.471. The lowest BCUT2D eigenvalue weighted by Gasteiger charge is -2.05. The lowest BCUT2D eigenvalue weighted by atomic mass is 10.0. The van der Waals surface area contributed by atoms with Gasteiger partial charge in [0.2, 0.25) is 0 Å². The number of hydrogen-bond acceptors (Lipinski definition) is 2. The molecular weight excluding hydrogens is 236 g/mol. The molecule has 0 saturated heterocycles. The molecule has 0 atom stereocenters. The average molecular weight is 260 g/mol. The van der Waals surface area contributed by atoms with Crippen LogP contribution in [0.15, 0.2) is 36.9 Å². The third-order valence-electron chi connectivity index (χ3n) is 3.14. The van der Waals surface area contributed by atoms with Crippen molar-refractivity contribution in [1.82, 2.24) is 0 Å². The van der Waals surface area contributed by atoms with Crippen LogP contribution in [0.1, 0.15) is 43.7 Å². The molecule has 0 fully saturated rings. The van der Waals surface area contributed by atoms with E-state index < -0.39 is 0 Å². The summed E-state index contributed by atoms with van der Waals surface area (Å²) in [7, 11) is 0. The number of carbonyl (C=O) groups excluding carboxylic acids is 1. The van der Waals surface area contributed by atoms with Gasteiger partial charge in [-0.15, -0.1) is 0 Å². The van der Waals surface area contributed by atoms with Crippen LogP contribution >= 0.6 is 0 Å². The predicted molar refractivity (Wildman–Crippen MR) is 79.1 cm³/mol. The van der Waals surface area contributed by atoms with Crippen molar-refractivity contribution in [1.29, 1.82) is 0 Å². The molecule has 0 aromatic heterocycles. The number of rotatable bonds is 9. The van der Waals surface area contributed by atoms with Gasteiger partial charge in [0.25, 0.3) is 0 Å². The Morgan fingerprint density at radius 2 is 1.74 bits per heavy atom. The first-order chi connectivity index (χ1) is 9.26. The zero-order valence-electron chi connectivity index (χ0n) is 11.9.